The molecule has 1 amide bonds. The number of rotatable bonds is 8. The van der Waals surface area contributed by atoms with E-state index in [2.05, 4.69) is 20.5 Å². The maximum atomic E-state index is 14.1. The normalized spacial score (nSPS) is 16.4. The van der Waals surface area contributed by atoms with Gasteiger partial charge in [0, 0.05) is 12.7 Å². The van der Waals surface area contributed by atoms with Crippen molar-refractivity contribution in [3.05, 3.63) is 23.9 Å². The van der Waals surface area contributed by atoms with Crippen LogP contribution in [0.1, 0.15) is 40.3 Å². The molecular weight excluding hydrogens is 543 g/mol. The Morgan fingerprint density at radius 1 is 1.23 bits per heavy atom. The maximum Gasteiger partial charge on any atom is 0.427 e. The molecule has 1 atom stereocenters. The van der Waals surface area contributed by atoms with Gasteiger partial charge in [0.25, 0.3) is 15.9 Å². The first-order valence-electron chi connectivity index (χ1n) is 12.1. The van der Waals surface area contributed by atoms with E-state index in [1.165, 1.54) is 30.0 Å². The number of anilines is 2. The summed E-state index contributed by atoms with van der Waals surface area (Å²) in [5, 5.41) is 9.66. The predicted octanol–water partition coefficient (Wildman–Crippen LogP) is 3.97. The van der Waals surface area contributed by atoms with E-state index in [-0.39, 0.29) is 34.4 Å². The first-order valence-corrected chi connectivity index (χ1v) is 13.5. The Bertz CT molecular complexity index is 1340. The van der Waals surface area contributed by atoms with Crippen molar-refractivity contribution in [2.45, 2.75) is 69.9 Å². The van der Waals surface area contributed by atoms with Crippen molar-refractivity contribution in [2.75, 3.05) is 29.8 Å². The zero-order chi connectivity index (χ0) is 29.6. The lowest BCUT2D eigenvalue weighted by Crippen LogP contribution is -2.59. The number of hydrogen-bond acceptors (Lipinski definition) is 8. The van der Waals surface area contributed by atoms with Crippen LogP contribution in [-0.2, 0) is 21.8 Å². The second-order valence-electron chi connectivity index (χ2n) is 10.1. The number of carbonyl (C=O) groups is 1. The summed E-state index contributed by atoms with van der Waals surface area (Å²) in [4.78, 5) is 12.1. The van der Waals surface area contributed by atoms with Crippen molar-refractivity contribution >= 4 is 27.5 Å². The summed E-state index contributed by atoms with van der Waals surface area (Å²) in [5.74, 6) is 0.0913. The van der Waals surface area contributed by atoms with Gasteiger partial charge in [0.05, 0.1) is 30.6 Å². The summed E-state index contributed by atoms with van der Waals surface area (Å²) < 4.78 is 86.2. The van der Waals surface area contributed by atoms with Gasteiger partial charge in [-0.25, -0.2) is 13.2 Å². The molecule has 0 bridgehead atoms. The lowest BCUT2D eigenvalue weighted by Gasteiger charge is -2.42. The van der Waals surface area contributed by atoms with Crippen molar-refractivity contribution in [3.8, 4) is 11.6 Å². The molecule has 218 valence electrons. The molecule has 0 spiro atoms. The molecule has 0 radical (unpaired) electrons. The molecule has 2 heterocycles. The summed E-state index contributed by atoms with van der Waals surface area (Å²) >= 11 is 0. The van der Waals surface area contributed by atoms with Crippen LogP contribution in [0.2, 0.25) is 0 Å². The van der Waals surface area contributed by atoms with Crippen molar-refractivity contribution in [1.29, 1.82) is 0 Å². The number of methoxy groups -OCH3 is 1. The van der Waals surface area contributed by atoms with E-state index in [0.717, 1.165) is 18.2 Å². The zero-order valence-corrected chi connectivity index (χ0v) is 23.9. The first kappa shape index (κ1) is 30.3. The molecule has 1 aromatic carbocycles. The molecule has 1 aromatic heterocycles. The first-order chi connectivity index (χ1) is 17.9. The average molecular weight is 578 g/mol. The highest BCUT2D eigenvalue weighted by Crippen LogP contribution is 2.42. The molecule has 1 unspecified atom stereocenters. The smallest absolute Gasteiger partial charge is 0.427 e. The minimum Gasteiger partial charge on any atom is -0.484 e. The van der Waals surface area contributed by atoms with E-state index in [4.69, 9.17) is 9.47 Å². The maximum absolute atomic E-state index is 14.1. The molecule has 3 rings (SSSR count). The third kappa shape index (κ3) is 5.88. The summed E-state index contributed by atoms with van der Waals surface area (Å²) in [6.45, 7) is 9.16. The van der Waals surface area contributed by atoms with Crippen LogP contribution < -0.4 is 24.4 Å². The van der Waals surface area contributed by atoms with Crippen LogP contribution in [-0.4, -0.2) is 67.9 Å². The number of amides is 1. The molecule has 1 aliphatic heterocycles. The minimum absolute atomic E-state index is 0.000193. The molecule has 1 aliphatic rings. The van der Waals surface area contributed by atoms with Gasteiger partial charge in [0.15, 0.2) is 4.90 Å². The summed E-state index contributed by atoms with van der Waals surface area (Å²) in [6.07, 6.45) is -6.80. The zero-order valence-electron chi connectivity index (χ0n) is 23.1. The van der Waals surface area contributed by atoms with E-state index in [1.807, 2.05) is 20.8 Å². The van der Waals surface area contributed by atoms with Gasteiger partial charge >= 0.3 is 12.3 Å². The molecule has 0 fully saturated rings. The number of nitrogens with zero attached hydrogens (tertiary/aromatic N) is 3. The predicted molar refractivity (Wildman–Crippen MR) is 138 cm³/mol. The van der Waals surface area contributed by atoms with Crippen LogP contribution in [0, 0.1) is 6.92 Å². The van der Waals surface area contributed by atoms with Gasteiger partial charge in [-0.05, 0) is 59.4 Å². The molecule has 2 aromatic rings. The highest BCUT2D eigenvalue weighted by molar-refractivity contribution is 7.93. The molecule has 11 nitrogen and oxygen atoms in total. The number of aryl methyl sites for hydroxylation is 1. The Hall–Kier alpha value is -3.20. The number of ether oxygens (including phenoxy) is 3. The highest BCUT2D eigenvalue weighted by Gasteiger charge is 2.51. The highest BCUT2D eigenvalue weighted by atomic mass is 32.2. The van der Waals surface area contributed by atoms with Gasteiger partial charge in [0.2, 0.25) is 5.60 Å². The number of halogens is 3. The topological polar surface area (TPSA) is 124 Å². The van der Waals surface area contributed by atoms with Gasteiger partial charge in [-0.3, -0.25) is 14.3 Å². The van der Waals surface area contributed by atoms with E-state index < -0.39 is 39.5 Å². The summed E-state index contributed by atoms with van der Waals surface area (Å²) in [5.41, 5.74) is -3.01. The van der Waals surface area contributed by atoms with Gasteiger partial charge in [-0.2, -0.15) is 13.2 Å². The number of likely N-dealkylation sites (N-methyl/N-ethyl adjacent to an activating group) is 1. The Balaban J connectivity index is 2.08. The van der Waals surface area contributed by atoms with Crippen LogP contribution >= 0.6 is 0 Å². The number of sulfonamides is 1. The van der Waals surface area contributed by atoms with Crippen LogP contribution in [0.3, 0.4) is 0 Å². The molecule has 2 N–H and O–H groups in total. The quantitative estimate of drug-likeness (QED) is 0.483. The SMILES string of the molecule is CCNC(C)(C)C1CN(S(=O)(=O)c2c(OC)nn(C)c2C)c2cc(NC(=O)OC(C)(C)C(F)(F)F)ccc2O1. The van der Waals surface area contributed by atoms with Crippen LogP contribution in [0.25, 0.3) is 0 Å². The lowest BCUT2D eigenvalue weighted by molar-refractivity contribution is -0.242. The Morgan fingerprint density at radius 3 is 2.44 bits per heavy atom. The minimum atomic E-state index is -4.80. The number of carbonyl (C=O) groups excluding carboxylic acids is 1. The van der Waals surface area contributed by atoms with Crippen molar-refractivity contribution in [3.63, 3.8) is 0 Å². The van der Waals surface area contributed by atoms with Crippen LogP contribution in [0.5, 0.6) is 11.6 Å². The fourth-order valence-electron chi connectivity index (χ4n) is 4.03. The second kappa shape index (κ2) is 10.4. The number of nitrogens with one attached hydrogen (secondary N) is 2. The Kier molecular flexibility index (Phi) is 8.10. The van der Waals surface area contributed by atoms with Gasteiger partial charge in [-0.1, -0.05) is 6.92 Å². The van der Waals surface area contributed by atoms with Gasteiger partial charge in [-0.15, -0.1) is 5.10 Å². The average Bonchev–Trinajstić information content (AvgIpc) is 3.11. The van der Waals surface area contributed by atoms with Crippen LogP contribution in [0.15, 0.2) is 23.1 Å². The third-order valence-corrected chi connectivity index (χ3v) is 8.45. The second-order valence-corrected chi connectivity index (χ2v) is 11.9. The van der Waals surface area contributed by atoms with E-state index in [0.29, 0.717) is 12.2 Å². The van der Waals surface area contributed by atoms with Crippen molar-refractivity contribution in [1.82, 2.24) is 15.1 Å². The standard InChI is InChI=1S/C24H34F3N5O6S/c1-9-28-22(3,4)18-13-32(39(34,35)19-14(2)31(7)30-20(19)36-8)16-12-15(10-11-17(16)37-18)29-21(33)38-23(5,6)24(25,26)27/h10-12,18,28H,9,13H2,1-8H3,(H,29,33). The number of fused-ring (bicyclic) bond motifs is 1. The van der Waals surface area contributed by atoms with Crippen molar-refractivity contribution in [2.24, 2.45) is 7.05 Å². The van der Waals surface area contributed by atoms with Crippen molar-refractivity contribution < 1.29 is 40.6 Å². The molecule has 0 aliphatic carbocycles. The molecule has 39 heavy (non-hydrogen) atoms. The number of alkyl halides is 3. The van der Waals surface area contributed by atoms with E-state index in [9.17, 15) is 26.4 Å². The number of aromatic nitrogens is 2. The summed E-state index contributed by atoms with van der Waals surface area (Å²) in [6, 6.07) is 4.11. The molecule has 0 saturated carbocycles. The van der Waals surface area contributed by atoms with E-state index in [1.54, 1.807) is 14.0 Å². The number of benzene rings is 1. The third-order valence-electron chi connectivity index (χ3n) is 6.53. The van der Waals surface area contributed by atoms with Gasteiger partial charge in [0.1, 0.15) is 11.9 Å². The monoisotopic (exact) mass is 577 g/mol. The fourth-order valence-corrected chi connectivity index (χ4v) is 5.84. The van der Waals surface area contributed by atoms with Crippen LogP contribution in [0.4, 0.5) is 29.3 Å². The molecule has 15 heteroatoms. The molecular formula is C24H34F3N5O6S. The van der Waals surface area contributed by atoms with Gasteiger partial charge < -0.3 is 19.5 Å². The Morgan fingerprint density at radius 2 is 1.87 bits per heavy atom. The summed E-state index contributed by atoms with van der Waals surface area (Å²) in [7, 11) is -1.42. The Labute approximate surface area is 225 Å². The molecule has 0 saturated heterocycles. The lowest BCUT2D eigenvalue weighted by atomic mass is 9.95. The fraction of sp³-hybridized carbons (Fsp3) is 0.583. The largest absolute Gasteiger partial charge is 0.484 e. The number of hydrogen-bond donors (Lipinski definition) is 2. The van der Waals surface area contributed by atoms with E-state index >= 15 is 0 Å².